The summed E-state index contributed by atoms with van der Waals surface area (Å²) in [4.78, 5) is 0. The second-order valence-electron chi connectivity index (χ2n) is 5.18. The molecule has 3 heteroatoms. The molecule has 1 saturated carbocycles. The molecule has 88 valence electrons. The molecule has 1 atom stereocenters. The third-order valence-electron chi connectivity index (χ3n) is 3.91. The summed E-state index contributed by atoms with van der Waals surface area (Å²) in [5.41, 5.74) is 0.673. The molecule has 1 aromatic carbocycles. The molecule has 1 aliphatic carbocycles. The Bertz CT molecular complexity index is 372. The van der Waals surface area contributed by atoms with Gasteiger partial charge in [-0.15, -0.1) is 0 Å². The van der Waals surface area contributed by atoms with E-state index in [2.05, 4.69) is 12.2 Å². The van der Waals surface area contributed by atoms with Gasteiger partial charge in [-0.3, -0.25) is 0 Å². The van der Waals surface area contributed by atoms with Crippen molar-refractivity contribution in [2.24, 2.45) is 5.41 Å². The van der Waals surface area contributed by atoms with Gasteiger partial charge >= 0.3 is 0 Å². The number of hydrogen-bond donors (Lipinski definition) is 2. The zero-order chi connectivity index (χ0) is 11.8. The lowest BCUT2D eigenvalue weighted by Crippen LogP contribution is -2.46. The minimum atomic E-state index is -0.329. The first-order chi connectivity index (χ1) is 7.49. The zero-order valence-electron chi connectivity index (χ0n) is 9.76. The van der Waals surface area contributed by atoms with E-state index in [4.69, 9.17) is 0 Å². The third-order valence-corrected chi connectivity index (χ3v) is 3.91. The Morgan fingerprint density at radius 3 is 2.38 bits per heavy atom. The molecule has 0 aromatic heterocycles. The summed E-state index contributed by atoms with van der Waals surface area (Å²) in [6.45, 7) is 4.27. The van der Waals surface area contributed by atoms with Crippen LogP contribution in [0.3, 0.4) is 0 Å². The summed E-state index contributed by atoms with van der Waals surface area (Å²) in [7, 11) is 0. The minimum absolute atomic E-state index is 0.0842. The first-order valence-corrected chi connectivity index (χ1v) is 5.64. The second-order valence-corrected chi connectivity index (χ2v) is 5.18. The Morgan fingerprint density at radius 2 is 1.94 bits per heavy atom. The van der Waals surface area contributed by atoms with Crippen LogP contribution in [0, 0.1) is 11.2 Å². The van der Waals surface area contributed by atoms with Crippen molar-refractivity contribution in [2.75, 3.05) is 11.9 Å². The predicted octanol–water partition coefficient (Wildman–Crippen LogP) is 2.79. The average molecular weight is 223 g/mol. The van der Waals surface area contributed by atoms with Crippen LogP contribution in [-0.4, -0.2) is 17.3 Å². The quantitative estimate of drug-likeness (QED) is 0.822. The van der Waals surface area contributed by atoms with Crippen molar-refractivity contribution in [3.63, 3.8) is 0 Å². The molecule has 1 fully saturated rings. The summed E-state index contributed by atoms with van der Waals surface area (Å²) in [5, 5.41) is 12.9. The lowest BCUT2D eigenvalue weighted by molar-refractivity contribution is 0.167. The van der Waals surface area contributed by atoms with Gasteiger partial charge in [0, 0.05) is 5.69 Å². The molecule has 2 nitrogen and oxygen atoms in total. The minimum Gasteiger partial charge on any atom is -0.394 e. The van der Waals surface area contributed by atoms with Crippen LogP contribution in [0.2, 0.25) is 0 Å². The summed E-state index contributed by atoms with van der Waals surface area (Å²) in [6.07, 6.45) is 2.25. The van der Waals surface area contributed by atoms with E-state index < -0.39 is 0 Å². The third kappa shape index (κ3) is 1.92. The lowest BCUT2D eigenvalue weighted by atomic mass is 9.84. The molecule has 0 heterocycles. The number of nitrogens with one attached hydrogen (secondary N) is 1. The highest BCUT2D eigenvalue weighted by molar-refractivity contribution is 5.46. The van der Waals surface area contributed by atoms with Crippen LogP contribution in [-0.2, 0) is 0 Å². The molecule has 1 aliphatic rings. The van der Waals surface area contributed by atoms with Gasteiger partial charge in [-0.05, 0) is 49.4 Å². The highest BCUT2D eigenvalue weighted by atomic mass is 19.1. The van der Waals surface area contributed by atoms with Crippen molar-refractivity contribution in [3.05, 3.63) is 30.1 Å². The Labute approximate surface area is 95.5 Å². The molecule has 2 rings (SSSR count). The van der Waals surface area contributed by atoms with Crippen molar-refractivity contribution < 1.29 is 9.50 Å². The molecule has 16 heavy (non-hydrogen) atoms. The number of hydrogen-bond acceptors (Lipinski definition) is 2. The highest BCUT2D eigenvalue weighted by Crippen LogP contribution is 2.54. The van der Waals surface area contributed by atoms with Gasteiger partial charge in [0.25, 0.3) is 0 Å². The monoisotopic (exact) mass is 223 g/mol. The fourth-order valence-electron chi connectivity index (χ4n) is 1.97. The maximum Gasteiger partial charge on any atom is 0.123 e. The zero-order valence-corrected chi connectivity index (χ0v) is 9.76. The van der Waals surface area contributed by atoms with E-state index in [1.54, 1.807) is 12.1 Å². The van der Waals surface area contributed by atoms with E-state index in [0.29, 0.717) is 0 Å². The van der Waals surface area contributed by atoms with E-state index in [9.17, 15) is 9.50 Å². The molecule has 0 spiro atoms. The van der Waals surface area contributed by atoms with Gasteiger partial charge in [0.1, 0.15) is 5.82 Å². The van der Waals surface area contributed by atoms with Gasteiger partial charge < -0.3 is 10.4 Å². The number of aliphatic hydroxyl groups excluding tert-OH is 1. The molecule has 0 bridgehead atoms. The van der Waals surface area contributed by atoms with Crippen LogP contribution >= 0.6 is 0 Å². The standard InChI is InChI=1S/C13H18FNO/c1-12(7-8-12)13(2,9-16)15-11-5-3-10(14)4-6-11/h3-6,15-16H,7-9H2,1-2H3. The number of aliphatic hydroxyl groups is 1. The van der Waals surface area contributed by atoms with Crippen LogP contribution in [0.15, 0.2) is 24.3 Å². The fourth-order valence-corrected chi connectivity index (χ4v) is 1.97. The largest absolute Gasteiger partial charge is 0.394 e. The fraction of sp³-hybridized carbons (Fsp3) is 0.538. The number of benzene rings is 1. The van der Waals surface area contributed by atoms with Crippen molar-refractivity contribution in [2.45, 2.75) is 32.2 Å². The van der Waals surface area contributed by atoms with Gasteiger partial charge in [-0.25, -0.2) is 4.39 Å². The van der Waals surface area contributed by atoms with Gasteiger partial charge in [0.2, 0.25) is 0 Å². The number of anilines is 1. The topological polar surface area (TPSA) is 32.3 Å². The molecular weight excluding hydrogens is 205 g/mol. The summed E-state index contributed by atoms with van der Waals surface area (Å²) in [6, 6.07) is 6.26. The van der Waals surface area contributed by atoms with E-state index in [1.165, 1.54) is 12.1 Å². The molecular formula is C13H18FNO. The smallest absolute Gasteiger partial charge is 0.123 e. The molecule has 0 saturated heterocycles. The maximum absolute atomic E-state index is 12.8. The molecule has 2 N–H and O–H groups in total. The maximum atomic E-state index is 12.8. The molecule has 1 unspecified atom stereocenters. The van der Waals surface area contributed by atoms with E-state index in [1.807, 2.05) is 6.92 Å². The average Bonchev–Trinajstić information content (AvgIpc) is 3.01. The lowest BCUT2D eigenvalue weighted by Gasteiger charge is -2.36. The van der Waals surface area contributed by atoms with E-state index in [-0.39, 0.29) is 23.4 Å². The predicted molar refractivity (Wildman–Crippen MR) is 62.9 cm³/mol. The van der Waals surface area contributed by atoms with Gasteiger partial charge in [-0.1, -0.05) is 6.92 Å². The van der Waals surface area contributed by atoms with Gasteiger partial charge in [-0.2, -0.15) is 0 Å². The SMILES string of the molecule is CC1(C(C)(CO)Nc2ccc(F)cc2)CC1. The van der Waals surface area contributed by atoms with Crippen molar-refractivity contribution >= 4 is 5.69 Å². The molecule has 1 aromatic rings. The first kappa shape index (κ1) is 11.4. The Morgan fingerprint density at radius 1 is 1.38 bits per heavy atom. The van der Waals surface area contributed by atoms with Crippen molar-refractivity contribution in [1.82, 2.24) is 0 Å². The molecule has 0 radical (unpaired) electrons. The van der Waals surface area contributed by atoms with Gasteiger partial charge in [0.15, 0.2) is 0 Å². The number of rotatable bonds is 4. The summed E-state index contributed by atoms with van der Waals surface area (Å²) >= 11 is 0. The summed E-state index contributed by atoms with van der Waals surface area (Å²) in [5.74, 6) is -0.242. The van der Waals surface area contributed by atoms with Crippen molar-refractivity contribution in [1.29, 1.82) is 0 Å². The second kappa shape index (κ2) is 3.74. The Hall–Kier alpha value is -1.09. The first-order valence-electron chi connectivity index (χ1n) is 5.64. The highest BCUT2D eigenvalue weighted by Gasteiger charge is 2.52. The van der Waals surface area contributed by atoms with Gasteiger partial charge in [0.05, 0.1) is 12.1 Å². The normalized spacial score (nSPS) is 21.2. The number of halogens is 1. The van der Waals surface area contributed by atoms with Crippen LogP contribution in [0.4, 0.5) is 10.1 Å². The van der Waals surface area contributed by atoms with E-state index in [0.717, 1.165) is 18.5 Å². The summed E-state index contributed by atoms with van der Waals surface area (Å²) < 4.78 is 12.8. The van der Waals surface area contributed by atoms with Crippen molar-refractivity contribution in [3.8, 4) is 0 Å². The molecule has 0 aliphatic heterocycles. The van der Waals surface area contributed by atoms with E-state index >= 15 is 0 Å². The Balaban J connectivity index is 2.15. The molecule has 0 amide bonds. The Kier molecular flexibility index (Phi) is 2.66. The van der Waals surface area contributed by atoms with Crippen LogP contribution in [0.1, 0.15) is 26.7 Å². The van der Waals surface area contributed by atoms with Crippen LogP contribution in [0.25, 0.3) is 0 Å². The van der Waals surface area contributed by atoms with Crippen LogP contribution < -0.4 is 5.32 Å². The van der Waals surface area contributed by atoms with Crippen LogP contribution in [0.5, 0.6) is 0 Å².